The van der Waals surface area contributed by atoms with Crippen LogP contribution in [0, 0.1) is 11.8 Å². The number of rotatable bonds is 4. The van der Waals surface area contributed by atoms with Crippen LogP contribution in [0.1, 0.15) is 18.4 Å². The van der Waals surface area contributed by atoms with Gasteiger partial charge in [0, 0.05) is 16.5 Å². The van der Waals surface area contributed by atoms with E-state index in [2.05, 4.69) is 12.2 Å². The van der Waals surface area contributed by atoms with Gasteiger partial charge in [-0.05, 0) is 55.3 Å². The highest BCUT2D eigenvalue weighted by molar-refractivity contribution is 6.30. The zero-order valence-corrected chi connectivity index (χ0v) is 16.5. The van der Waals surface area contributed by atoms with Crippen LogP contribution in [0.25, 0.3) is 0 Å². The van der Waals surface area contributed by atoms with Crippen LogP contribution in [0.4, 0.5) is 5.69 Å². The van der Waals surface area contributed by atoms with Crippen LogP contribution in [0.5, 0.6) is 11.5 Å². The molecule has 2 aliphatic rings. The van der Waals surface area contributed by atoms with E-state index in [9.17, 15) is 4.79 Å². The van der Waals surface area contributed by atoms with Gasteiger partial charge in [0.15, 0.2) is 11.5 Å². The average molecular weight is 397 g/mol. The number of ether oxygens (including phenoxy) is 2. The highest BCUT2D eigenvalue weighted by atomic mass is 35.5. The van der Waals surface area contributed by atoms with Gasteiger partial charge in [-0.2, -0.15) is 5.10 Å². The highest BCUT2D eigenvalue weighted by Gasteiger charge is 2.40. The lowest BCUT2D eigenvalue weighted by atomic mass is 9.76. The summed E-state index contributed by atoms with van der Waals surface area (Å²) in [5.74, 6) is 1.22. The Bertz CT molecular complexity index is 953. The number of anilines is 1. The minimum atomic E-state index is -0.138. The van der Waals surface area contributed by atoms with Crippen molar-refractivity contribution in [3.63, 3.8) is 0 Å². The summed E-state index contributed by atoms with van der Waals surface area (Å²) in [6.45, 7) is 0. The summed E-state index contributed by atoms with van der Waals surface area (Å²) in [7, 11) is 3.22. The van der Waals surface area contributed by atoms with Gasteiger partial charge in [0.05, 0.1) is 31.5 Å². The first-order valence-corrected chi connectivity index (χ1v) is 9.55. The number of carbonyl (C=O) groups is 1. The monoisotopic (exact) mass is 396 g/mol. The van der Waals surface area contributed by atoms with Crippen molar-refractivity contribution in [2.75, 3.05) is 19.2 Å². The molecule has 0 saturated carbocycles. The number of fused-ring (bicyclic) bond motifs is 1. The lowest BCUT2D eigenvalue weighted by molar-refractivity contribution is -0.123. The third-order valence-electron chi connectivity index (χ3n) is 5.27. The van der Waals surface area contributed by atoms with Crippen LogP contribution < -0.4 is 14.5 Å². The number of benzene rings is 2. The van der Waals surface area contributed by atoms with Crippen molar-refractivity contribution < 1.29 is 14.3 Å². The van der Waals surface area contributed by atoms with Crippen molar-refractivity contribution in [1.82, 2.24) is 0 Å². The number of nitrogens with zero attached hydrogens (tertiary/aromatic N) is 2. The zero-order valence-electron chi connectivity index (χ0n) is 15.8. The fraction of sp³-hybridized carbons (Fsp3) is 0.273. The third kappa shape index (κ3) is 3.27. The van der Waals surface area contributed by atoms with Gasteiger partial charge in [-0.1, -0.05) is 23.8 Å². The first kappa shape index (κ1) is 18.6. The fourth-order valence-electron chi connectivity index (χ4n) is 3.81. The summed E-state index contributed by atoms with van der Waals surface area (Å²) in [5, 5.41) is 6.90. The Balaban J connectivity index is 1.82. The number of carbonyl (C=O) groups excluding carboxylic acids is 1. The molecule has 2 aromatic carbocycles. The number of methoxy groups -OCH3 is 2. The first-order chi connectivity index (χ1) is 13.6. The van der Waals surface area contributed by atoms with Crippen LogP contribution in [0.15, 0.2) is 59.7 Å². The Labute approximate surface area is 169 Å². The topological polar surface area (TPSA) is 51.1 Å². The molecular weight excluding hydrogens is 376 g/mol. The molecule has 2 aromatic rings. The van der Waals surface area contributed by atoms with Crippen LogP contribution in [0.2, 0.25) is 5.02 Å². The number of amides is 1. The quantitative estimate of drug-likeness (QED) is 0.704. The predicted octanol–water partition coefficient (Wildman–Crippen LogP) is 4.69. The maximum atomic E-state index is 13.2. The summed E-state index contributed by atoms with van der Waals surface area (Å²) in [4.78, 5) is 13.2. The Morgan fingerprint density at radius 3 is 2.32 bits per heavy atom. The Hall–Kier alpha value is -2.79. The van der Waals surface area contributed by atoms with Gasteiger partial charge in [0.2, 0.25) is 0 Å². The van der Waals surface area contributed by atoms with Gasteiger partial charge >= 0.3 is 0 Å². The molecule has 1 amide bonds. The molecule has 0 fully saturated rings. The SMILES string of the molecule is COc1ccc(C2=NN(c3ccc(Cl)cc3)C(=O)C3CC=CCC23)cc1OC. The summed E-state index contributed by atoms with van der Waals surface area (Å²) < 4.78 is 10.8. The number of hydrogen-bond donors (Lipinski definition) is 0. The van der Waals surface area contributed by atoms with Crippen molar-refractivity contribution in [2.45, 2.75) is 12.8 Å². The fourth-order valence-corrected chi connectivity index (χ4v) is 3.94. The molecule has 2 atom stereocenters. The number of allylic oxidation sites excluding steroid dienone is 2. The molecule has 1 heterocycles. The minimum Gasteiger partial charge on any atom is -0.493 e. The zero-order chi connectivity index (χ0) is 19.7. The van der Waals surface area contributed by atoms with Gasteiger partial charge in [-0.25, -0.2) is 5.01 Å². The molecule has 144 valence electrons. The van der Waals surface area contributed by atoms with Crippen LogP contribution in [-0.4, -0.2) is 25.8 Å². The van der Waals surface area contributed by atoms with Gasteiger partial charge < -0.3 is 9.47 Å². The van der Waals surface area contributed by atoms with Crippen LogP contribution in [-0.2, 0) is 4.79 Å². The third-order valence-corrected chi connectivity index (χ3v) is 5.52. The van der Waals surface area contributed by atoms with Crippen molar-refractivity contribution in [2.24, 2.45) is 16.9 Å². The molecule has 0 aromatic heterocycles. The molecule has 0 spiro atoms. The lowest BCUT2D eigenvalue weighted by Gasteiger charge is -2.37. The van der Waals surface area contributed by atoms with E-state index >= 15 is 0 Å². The number of halogens is 1. The average Bonchev–Trinajstić information content (AvgIpc) is 2.74. The number of hydrazone groups is 1. The van der Waals surface area contributed by atoms with Crippen LogP contribution in [0.3, 0.4) is 0 Å². The van der Waals surface area contributed by atoms with Crippen LogP contribution >= 0.6 is 11.6 Å². The molecule has 1 aliphatic carbocycles. The first-order valence-electron chi connectivity index (χ1n) is 9.18. The number of hydrogen-bond acceptors (Lipinski definition) is 4. The van der Waals surface area contributed by atoms with E-state index in [-0.39, 0.29) is 17.7 Å². The Kier molecular flexibility index (Phi) is 5.09. The van der Waals surface area contributed by atoms with Gasteiger partial charge in [0.1, 0.15) is 0 Å². The lowest BCUT2D eigenvalue weighted by Crippen LogP contribution is -2.45. The van der Waals surface area contributed by atoms with Crippen molar-refractivity contribution >= 4 is 28.9 Å². The second-order valence-corrected chi connectivity index (χ2v) is 7.27. The highest BCUT2D eigenvalue weighted by Crippen LogP contribution is 2.38. The van der Waals surface area contributed by atoms with E-state index < -0.39 is 0 Å². The Morgan fingerprint density at radius 1 is 0.964 bits per heavy atom. The molecule has 0 bridgehead atoms. The molecule has 5 nitrogen and oxygen atoms in total. The second-order valence-electron chi connectivity index (χ2n) is 6.84. The van der Waals surface area contributed by atoms with Crippen molar-refractivity contribution in [3.05, 3.63) is 65.2 Å². The Morgan fingerprint density at radius 2 is 1.64 bits per heavy atom. The van der Waals surface area contributed by atoms with Crippen molar-refractivity contribution in [3.8, 4) is 11.5 Å². The predicted molar refractivity (Wildman–Crippen MR) is 110 cm³/mol. The molecule has 0 radical (unpaired) electrons. The summed E-state index contributed by atoms with van der Waals surface area (Å²) >= 11 is 6.01. The van der Waals surface area contributed by atoms with E-state index in [0.29, 0.717) is 28.6 Å². The van der Waals surface area contributed by atoms with Gasteiger partial charge in [0.25, 0.3) is 5.91 Å². The minimum absolute atomic E-state index is 0.0147. The molecule has 2 unspecified atom stereocenters. The summed E-state index contributed by atoms with van der Waals surface area (Å²) in [6, 6.07) is 12.9. The second kappa shape index (κ2) is 7.68. The molecule has 28 heavy (non-hydrogen) atoms. The van der Waals surface area contributed by atoms with Crippen molar-refractivity contribution in [1.29, 1.82) is 0 Å². The summed E-state index contributed by atoms with van der Waals surface area (Å²) in [6.07, 6.45) is 5.71. The van der Waals surface area contributed by atoms with E-state index in [0.717, 1.165) is 17.7 Å². The maximum Gasteiger partial charge on any atom is 0.251 e. The van der Waals surface area contributed by atoms with E-state index in [1.807, 2.05) is 30.3 Å². The molecule has 0 N–H and O–H groups in total. The maximum absolute atomic E-state index is 13.2. The molecule has 1 aliphatic heterocycles. The normalized spacial score (nSPS) is 21.2. The van der Waals surface area contributed by atoms with Gasteiger partial charge in [-0.3, -0.25) is 4.79 Å². The van der Waals surface area contributed by atoms with Gasteiger partial charge in [-0.15, -0.1) is 0 Å². The standard InChI is InChI=1S/C22H21ClN2O3/c1-27-19-12-7-14(13-20(19)28-2)21-17-5-3-4-6-18(17)22(26)25(24-21)16-10-8-15(23)9-11-16/h3-4,7-13,17-18H,5-6H2,1-2H3. The molecule has 0 saturated heterocycles. The van der Waals surface area contributed by atoms with E-state index in [4.69, 9.17) is 26.2 Å². The molecule has 6 heteroatoms. The van der Waals surface area contributed by atoms with E-state index in [1.54, 1.807) is 26.4 Å². The summed E-state index contributed by atoms with van der Waals surface area (Å²) in [5.41, 5.74) is 2.51. The largest absolute Gasteiger partial charge is 0.493 e. The smallest absolute Gasteiger partial charge is 0.251 e. The molecular formula is C22H21ClN2O3. The molecule has 4 rings (SSSR count). The van der Waals surface area contributed by atoms with E-state index in [1.165, 1.54) is 5.01 Å².